The predicted molar refractivity (Wildman–Crippen MR) is 108 cm³/mol. The van der Waals surface area contributed by atoms with Crippen LogP contribution in [0.25, 0.3) is 11.4 Å². The number of nitrogens with zero attached hydrogens (tertiary/aromatic N) is 2. The summed E-state index contributed by atoms with van der Waals surface area (Å²) in [5.74, 6) is 1.19. The molecule has 0 aliphatic heterocycles. The second-order valence-electron chi connectivity index (χ2n) is 6.18. The van der Waals surface area contributed by atoms with Crippen molar-refractivity contribution in [2.45, 2.75) is 19.8 Å². The van der Waals surface area contributed by atoms with E-state index in [0.29, 0.717) is 36.0 Å². The van der Waals surface area contributed by atoms with Crippen LogP contribution in [0, 0.1) is 0 Å². The maximum Gasteiger partial charge on any atom is 0.251 e. The number of carbonyl (C=O) groups is 2. The Morgan fingerprint density at radius 1 is 1.14 bits per heavy atom. The summed E-state index contributed by atoms with van der Waals surface area (Å²) in [6, 6.07) is 14.1. The number of hydrogen-bond acceptors (Lipinski definition) is 6. The highest BCUT2D eigenvalue weighted by molar-refractivity contribution is 5.97. The molecule has 8 nitrogen and oxygen atoms in total. The molecule has 2 N–H and O–H groups in total. The van der Waals surface area contributed by atoms with Gasteiger partial charge in [0.2, 0.25) is 17.6 Å². The number of ether oxygens (including phenoxy) is 1. The average Bonchev–Trinajstić information content (AvgIpc) is 3.22. The van der Waals surface area contributed by atoms with E-state index in [4.69, 9.17) is 9.26 Å². The fraction of sp³-hybridized carbons (Fsp3) is 0.238. The van der Waals surface area contributed by atoms with Gasteiger partial charge in [0.25, 0.3) is 5.91 Å². The maximum atomic E-state index is 12.2. The Hall–Kier alpha value is -3.68. The second-order valence-corrected chi connectivity index (χ2v) is 6.18. The van der Waals surface area contributed by atoms with Crippen molar-refractivity contribution in [1.29, 1.82) is 0 Å². The monoisotopic (exact) mass is 394 g/mol. The van der Waals surface area contributed by atoms with Gasteiger partial charge in [0, 0.05) is 36.7 Å². The summed E-state index contributed by atoms with van der Waals surface area (Å²) in [6.45, 7) is 2.53. The Bertz CT molecular complexity index is 982. The molecule has 150 valence electrons. The van der Waals surface area contributed by atoms with E-state index < -0.39 is 0 Å². The number of aryl methyl sites for hydroxylation is 1. The van der Waals surface area contributed by atoms with Crippen LogP contribution in [0.3, 0.4) is 0 Å². The molecule has 0 saturated heterocycles. The van der Waals surface area contributed by atoms with Gasteiger partial charge >= 0.3 is 0 Å². The van der Waals surface area contributed by atoms with Crippen molar-refractivity contribution in [3.63, 3.8) is 0 Å². The summed E-state index contributed by atoms with van der Waals surface area (Å²) in [7, 11) is 1.56. The summed E-state index contributed by atoms with van der Waals surface area (Å²) in [4.78, 5) is 28.2. The molecule has 0 atom stereocenters. The Balaban J connectivity index is 1.55. The summed E-state index contributed by atoms with van der Waals surface area (Å²) in [5, 5.41) is 9.27. The highest BCUT2D eigenvalue weighted by Crippen LogP contribution is 2.20. The molecule has 1 aromatic heterocycles. The molecular formula is C21H22N4O4. The van der Waals surface area contributed by atoms with Crippen molar-refractivity contribution in [3.05, 3.63) is 60.0 Å². The van der Waals surface area contributed by atoms with Gasteiger partial charge in [0.05, 0.1) is 6.61 Å². The van der Waals surface area contributed by atoms with E-state index in [1.165, 1.54) is 0 Å². The van der Waals surface area contributed by atoms with Crippen LogP contribution < -0.4 is 15.4 Å². The molecule has 2 amide bonds. The molecule has 0 fully saturated rings. The van der Waals surface area contributed by atoms with Crippen LogP contribution in [-0.4, -0.2) is 35.6 Å². The first-order valence-corrected chi connectivity index (χ1v) is 9.27. The van der Waals surface area contributed by atoms with Crippen molar-refractivity contribution < 1.29 is 18.8 Å². The van der Waals surface area contributed by atoms with E-state index in [9.17, 15) is 9.59 Å². The normalized spacial score (nSPS) is 10.4. The van der Waals surface area contributed by atoms with Crippen LogP contribution >= 0.6 is 0 Å². The summed E-state index contributed by atoms with van der Waals surface area (Å²) >= 11 is 0. The van der Waals surface area contributed by atoms with Gasteiger partial charge in [-0.05, 0) is 49.4 Å². The molecule has 3 rings (SSSR count). The van der Waals surface area contributed by atoms with Gasteiger partial charge in [-0.15, -0.1) is 0 Å². The first kappa shape index (κ1) is 20.1. The Morgan fingerprint density at radius 3 is 2.66 bits per heavy atom. The van der Waals surface area contributed by atoms with Gasteiger partial charge in [-0.25, -0.2) is 0 Å². The first-order chi connectivity index (χ1) is 14.1. The maximum absolute atomic E-state index is 12.2. The molecule has 2 aromatic carbocycles. The molecule has 0 radical (unpaired) electrons. The van der Waals surface area contributed by atoms with Gasteiger partial charge in [-0.3, -0.25) is 9.59 Å². The van der Waals surface area contributed by atoms with Gasteiger partial charge in [-0.1, -0.05) is 11.2 Å². The summed E-state index contributed by atoms with van der Waals surface area (Å²) < 4.78 is 10.6. The first-order valence-electron chi connectivity index (χ1n) is 9.27. The van der Waals surface area contributed by atoms with Gasteiger partial charge in [0.15, 0.2) is 0 Å². The molecule has 0 unspecified atom stereocenters. The van der Waals surface area contributed by atoms with Gasteiger partial charge in [-0.2, -0.15) is 4.98 Å². The molecule has 0 spiro atoms. The Morgan fingerprint density at radius 2 is 1.93 bits per heavy atom. The van der Waals surface area contributed by atoms with Crippen molar-refractivity contribution in [2.75, 3.05) is 19.0 Å². The van der Waals surface area contributed by atoms with Crippen molar-refractivity contribution in [3.8, 4) is 17.1 Å². The summed E-state index contributed by atoms with van der Waals surface area (Å²) in [6.07, 6.45) is 0.486. The van der Waals surface area contributed by atoms with Crippen LogP contribution in [0.15, 0.2) is 53.1 Å². The smallest absolute Gasteiger partial charge is 0.251 e. The number of rotatable bonds is 8. The number of nitrogens with one attached hydrogen (secondary N) is 2. The number of carbonyl (C=O) groups excluding carboxylic acids is 2. The zero-order valence-electron chi connectivity index (χ0n) is 16.3. The number of amides is 2. The van der Waals surface area contributed by atoms with Crippen LogP contribution in [-0.2, 0) is 11.2 Å². The van der Waals surface area contributed by atoms with Crippen molar-refractivity contribution >= 4 is 17.5 Å². The molecule has 0 aliphatic carbocycles. The third-order valence-electron chi connectivity index (χ3n) is 4.09. The van der Waals surface area contributed by atoms with E-state index in [-0.39, 0.29) is 18.2 Å². The SMILES string of the molecule is CCOc1ccc(-c2noc(CCC(=O)Nc3cccc(C(=O)NC)c3)n2)cc1. The largest absolute Gasteiger partial charge is 0.494 e. The van der Waals surface area contributed by atoms with Gasteiger partial charge < -0.3 is 19.9 Å². The Labute approximate surface area is 168 Å². The minimum absolute atomic E-state index is 0.176. The topological polar surface area (TPSA) is 106 Å². The molecule has 1 heterocycles. The second kappa shape index (κ2) is 9.50. The lowest BCUT2D eigenvalue weighted by Gasteiger charge is -2.06. The molecule has 0 aliphatic rings. The van der Waals surface area contributed by atoms with Crippen LogP contribution in [0.5, 0.6) is 5.75 Å². The third-order valence-corrected chi connectivity index (χ3v) is 4.09. The van der Waals surface area contributed by atoms with Crippen LogP contribution in [0.2, 0.25) is 0 Å². The minimum atomic E-state index is -0.214. The molecule has 8 heteroatoms. The lowest BCUT2D eigenvalue weighted by molar-refractivity contribution is -0.116. The molecular weight excluding hydrogens is 372 g/mol. The van der Waals surface area contributed by atoms with E-state index >= 15 is 0 Å². The molecule has 0 saturated carbocycles. The quantitative estimate of drug-likeness (QED) is 0.608. The van der Waals surface area contributed by atoms with Crippen molar-refractivity contribution in [2.24, 2.45) is 0 Å². The number of anilines is 1. The highest BCUT2D eigenvalue weighted by Gasteiger charge is 2.12. The fourth-order valence-electron chi connectivity index (χ4n) is 2.67. The third kappa shape index (κ3) is 5.41. The average molecular weight is 394 g/mol. The molecule has 0 bridgehead atoms. The highest BCUT2D eigenvalue weighted by atomic mass is 16.5. The van der Waals surface area contributed by atoms with E-state index in [1.54, 1.807) is 31.3 Å². The lowest BCUT2D eigenvalue weighted by atomic mass is 10.2. The zero-order valence-corrected chi connectivity index (χ0v) is 16.3. The molecule has 3 aromatic rings. The number of benzene rings is 2. The van der Waals surface area contributed by atoms with Crippen molar-refractivity contribution in [1.82, 2.24) is 15.5 Å². The van der Waals surface area contributed by atoms with E-state index in [0.717, 1.165) is 11.3 Å². The van der Waals surface area contributed by atoms with Gasteiger partial charge in [0.1, 0.15) is 5.75 Å². The lowest BCUT2D eigenvalue weighted by Crippen LogP contribution is -2.18. The van der Waals surface area contributed by atoms with Crippen LogP contribution in [0.4, 0.5) is 5.69 Å². The standard InChI is InChI=1S/C21H22N4O4/c1-3-28-17-9-7-14(8-10-17)20-24-19(29-25-20)12-11-18(26)23-16-6-4-5-15(13-16)21(27)22-2/h4-10,13H,3,11-12H2,1-2H3,(H,22,27)(H,23,26). The van der Waals surface area contributed by atoms with E-state index in [2.05, 4.69) is 20.8 Å². The molecule has 29 heavy (non-hydrogen) atoms. The predicted octanol–water partition coefficient (Wildman–Crippen LogP) is 3.07. The number of hydrogen-bond donors (Lipinski definition) is 2. The van der Waals surface area contributed by atoms with Crippen LogP contribution in [0.1, 0.15) is 29.6 Å². The fourth-order valence-corrected chi connectivity index (χ4v) is 2.67. The number of aromatic nitrogens is 2. The summed E-state index contributed by atoms with van der Waals surface area (Å²) in [5.41, 5.74) is 1.83. The Kier molecular flexibility index (Phi) is 6.57. The minimum Gasteiger partial charge on any atom is -0.494 e. The zero-order chi connectivity index (χ0) is 20.6. The van der Waals surface area contributed by atoms with E-state index in [1.807, 2.05) is 31.2 Å².